The molecule has 2 aromatic heterocycles. The first-order valence-corrected chi connectivity index (χ1v) is 9.20. The molecule has 5 nitrogen and oxygen atoms in total. The van der Waals surface area contributed by atoms with E-state index in [-0.39, 0.29) is 12.5 Å². The molecule has 2 N–H and O–H groups in total. The van der Waals surface area contributed by atoms with Gasteiger partial charge in [-0.15, -0.1) is 11.3 Å². The molecule has 1 aromatic carbocycles. The van der Waals surface area contributed by atoms with Gasteiger partial charge in [-0.25, -0.2) is 0 Å². The zero-order chi connectivity index (χ0) is 18.4. The molecule has 136 valence electrons. The number of carbonyl (C=O) groups is 1. The maximum Gasteiger partial charge on any atom is 0.220 e. The van der Waals surface area contributed by atoms with Crippen LogP contribution >= 0.6 is 11.3 Å². The van der Waals surface area contributed by atoms with Gasteiger partial charge in [-0.05, 0) is 47.7 Å². The van der Waals surface area contributed by atoms with Gasteiger partial charge in [0.05, 0.1) is 19.9 Å². The lowest BCUT2D eigenvalue weighted by molar-refractivity contribution is -0.122. The Labute approximate surface area is 156 Å². The molecule has 0 saturated carbocycles. The van der Waals surface area contributed by atoms with Crippen molar-refractivity contribution in [2.24, 2.45) is 0 Å². The number of carbonyl (C=O) groups excluding carboxylic acids is 1. The largest absolute Gasteiger partial charge is 0.497 e. The number of hydrogen-bond acceptors (Lipinski definition) is 5. The second kappa shape index (κ2) is 8.21. The van der Waals surface area contributed by atoms with Gasteiger partial charge in [0, 0.05) is 11.3 Å². The minimum Gasteiger partial charge on any atom is -0.497 e. The number of aryl methyl sites for hydroxylation is 1. The van der Waals surface area contributed by atoms with Crippen molar-refractivity contribution in [2.45, 2.75) is 18.4 Å². The number of hydrogen-bond donors (Lipinski definition) is 2. The zero-order valence-corrected chi connectivity index (χ0v) is 15.3. The van der Waals surface area contributed by atoms with E-state index in [0.717, 1.165) is 16.2 Å². The number of amides is 1. The monoisotopic (exact) mass is 371 g/mol. The first-order chi connectivity index (χ1) is 12.6. The van der Waals surface area contributed by atoms with Crippen LogP contribution in [0.5, 0.6) is 5.75 Å². The van der Waals surface area contributed by atoms with Crippen molar-refractivity contribution < 1.29 is 19.1 Å². The summed E-state index contributed by atoms with van der Waals surface area (Å²) in [6.45, 7) is 0.0580. The van der Waals surface area contributed by atoms with E-state index in [1.165, 1.54) is 17.6 Å². The summed E-state index contributed by atoms with van der Waals surface area (Å²) in [5, 5.41) is 15.8. The van der Waals surface area contributed by atoms with Crippen LogP contribution in [0.4, 0.5) is 0 Å². The van der Waals surface area contributed by atoms with Crippen LogP contribution in [0.1, 0.15) is 22.6 Å². The molecule has 0 radical (unpaired) electrons. The number of methoxy groups -OCH3 is 1. The highest BCUT2D eigenvalue weighted by atomic mass is 32.1. The number of ether oxygens (including phenoxy) is 1. The predicted molar refractivity (Wildman–Crippen MR) is 100 cm³/mol. The van der Waals surface area contributed by atoms with E-state index in [1.54, 1.807) is 19.2 Å². The van der Waals surface area contributed by atoms with Crippen LogP contribution in [0.15, 0.2) is 64.6 Å². The molecule has 0 spiro atoms. The number of nitrogens with one attached hydrogen (secondary N) is 1. The third-order valence-electron chi connectivity index (χ3n) is 4.20. The summed E-state index contributed by atoms with van der Waals surface area (Å²) in [5.41, 5.74) is -0.312. The highest BCUT2D eigenvalue weighted by molar-refractivity contribution is 7.10. The fourth-order valence-corrected chi connectivity index (χ4v) is 3.52. The standard InChI is InChI=1S/C20H21NO4S/c1-24-16-9-6-15(7-10-16)8-11-19(22)21-14-20(23,17-4-2-12-25-17)18-5-3-13-26-18/h2-7,9-10,12-13,23H,8,11,14H2,1H3,(H,21,22). The lowest BCUT2D eigenvalue weighted by atomic mass is 9.98. The fraction of sp³-hybridized carbons (Fsp3) is 0.250. The van der Waals surface area contributed by atoms with Gasteiger partial charge >= 0.3 is 0 Å². The van der Waals surface area contributed by atoms with Crippen molar-refractivity contribution in [3.8, 4) is 5.75 Å². The molecule has 2 heterocycles. The van der Waals surface area contributed by atoms with E-state index in [4.69, 9.17) is 9.15 Å². The predicted octanol–water partition coefficient (Wildman–Crippen LogP) is 3.33. The van der Waals surface area contributed by atoms with E-state index >= 15 is 0 Å². The molecule has 0 aliphatic heterocycles. The second-order valence-corrected chi connectivity index (χ2v) is 6.89. The SMILES string of the molecule is COc1ccc(CCC(=O)NCC(O)(c2ccco2)c2cccs2)cc1. The lowest BCUT2D eigenvalue weighted by Crippen LogP contribution is -2.41. The van der Waals surface area contributed by atoms with Crippen LogP contribution in [-0.2, 0) is 16.8 Å². The number of benzene rings is 1. The van der Waals surface area contributed by atoms with Crippen LogP contribution in [0, 0.1) is 0 Å². The van der Waals surface area contributed by atoms with E-state index in [1.807, 2.05) is 41.8 Å². The van der Waals surface area contributed by atoms with Gasteiger partial charge in [-0.1, -0.05) is 18.2 Å². The summed E-state index contributed by atoms with van der Waals surface area (Å²) in [5.74, 6) is 1.08. The van der Waals surface area contributed by atoms with Gasteiger partial charge in [-0.2, -0.15) is 0 Å². The third kappa shape index (κ3) is 4.15. The van der Waals surface area contributed by atoms with Gasteiger partial charge in [0.15, 0.2) is 5.60 Å². The number of thiophene rings is 1. The molecule has 3 aromatic rings. The minimum absolute atomic E-state index is 0.0580. The summed E-state index contributed by atoms with van der Waals surface area (Å²) in [6.07, 6.45) is 2.47. The van der Waals surface area contributed by atoms with Gasteiger partial charge < -0.3 is 19.6 Å². The molecule has 1 atom stereocenters. The number of rotatable bonds is 8. The fourth-order valence-electron chi connectivity index (χ4n) is 2.69. The summed E-state index contributed by atoms with van der Waals surface area (Å²) in [7, 11) is 1.62. The van der Waals surface area contributed by atoms with Crippen molar-refractivity contribution in [2.75, 3.05) is 13.7 Å². The van der Waals surface area contributed by atoms with Crippen LogP contribution in [0.2, 0.25) is 0 Å². The first kappa shape index (κ1) is 18.2. The molecule has 26 heavy (non-hydrogen) atoms. The average molecular weight is 371 g/mol. The zero-order valence-electron chi connectivity index (χ0n) is 14.5. The normalized spacial score (nSPS) is 13.2. The molecular formula is C20H21NO4S. The Morgan fingerprint density at radius 3 is 2.65 bits per heavy atom. The quantitative estimate of drug-likeness (QED) is 0.637. The summed E-state index contributed by atoms with van der Waals surface area (Å²) in [6, 6.07) is 14.8. The minimum atomic E-state index is -1.37. The molecular weight excluding hydrogens is 350 g/mol. The molecule has 0 saturated heterocycles. The Balaban J connectivity index is 1.59. The Hall–Kier alpha value is -2.57. The summed E-state index contributed by atoms with van der Waals surface area (Å²) in [4.78, 5) is 13.0. The number of furan rings is 1. The number of aliphatic hydroxyl groups is 1. The second-order valence-electron chi connectivity index (χ2n) is 5.94. The van der Waals surface area contributed by atoms with E-state index in [9.17, 15) is 9.90 Å². The average Bonchev–Trinajstić information content (AvgIpc) is 3.39. The van der Waals surface area contributed by atoms with Gasteiger partial charge in [-0.3, -0.25) is 4.79 Å². The Morgan fingerprint density at radius 1 is 1.23 bits per heavy atom. The molecule has 0 aliphatic carbocycles. The highest BCUT2D eigenvalue weighted by Gasteiger charge is 2.36. The van der Waals surface area contributed by atoms with E-state index in [0.29, 0.717) is 18.6 Å². The van der Waals surface area contributed by atoms with Crippen LogP contribution < -0.4 is 10.1 Å². The molecule has 0 bridgehead atoms. The van der Waals surface area contributed by atoms with Gasteiger partial charge in [0.1, 0.15) is 11.5 Å². The molecule has 0 fully saturated rings. The molecule has 0 aliphatic rings. The Bertz CT molecular complexity index is 776. The molecule has 3 rings (SSSR count). The Kier molecular flexibility index (Phi) is 5.75. The van der Waals surface area contributed by atoms with Crippen molar-refractivity contribution in [3.63, 3.8) is 0 Å². The molecule has 1 amide bonds. The van der Waals surface area contributed by atoms with Crippen LogP contribution in [0.3, 0.4) is 0 Å². The summed E-state index contributed by atoms with van der Waals surface area (Å²) < 4.78 is 10.5. The van der Waals surface area contributed by atoms with Crippen LogP contribution in [0.25, 0.3) is 0 Å². The van der Waals surface area contributed by atoms with Gasteiger partial charge in [0.25, 0.3) is 0 Å². The van der Waals surface area contributed by atoms with E-state index < -0.39 is 5.60 Å². The van der Waals surface area contributed by atoms with Crippen LogP contribution in [-0.4, -0.2) is 24.7 Å². The molecule has 6 heteroatoms. The maximum absolute atomic E-state index is 12.3. The third-order valence-corrected chi connectivity index (χ3v) is 5.22. The highest BCUT2D eigenvalue weighted by Crippen LogP contribution is 2.32. The first-order valence-electron chi connectivity index (χ1n) is 8.32. The Morgan fingerprint density at radius 2 is 2.04 bits per heavy atom. The summed E-state index contributed by atoms with van der Waals surface area (Å²) >= 11 is 1.42. The van der Waals surface area contributed by atoms with Crippen molar-refractivity contribution in [1.82, 2.24) is 5.32 Å². The van der Waals surface area contributed by atoms with Crippen molar-refractivity contribution in [3.05, 3.63) is 76.4 Å². The van der Waals surface area contributed by atoms with Gasteiger partial charge in [0.2, 0.25) is 5.91 Å². The maximum atomic E-state index is 12.3. The smallest absolute Gasteiger partial charge is 0.220 e. The molecule has 1 unspecified atom stereocenters. The van der Waals surface area contributed by atoms with Crippen molar-refractivity contribution in [1.29, 1.82) is 0 Å². The van der Waals surface area contributed by atoms with E-state index in [2.05, 4.69) is 5.32 Å². The van der Waals surface area contributed by atoms with Crippen molar-refractivity contribution >= 4 is 17.2 Å². The topological polar surface area (TPSA) is 71.7 Å². The lowest BCUT2D eigenvalue weighted by Gasteiger charge is -2.25.